The Kier molecular flexibility index (Phi) is 4.07. The molecule has 3 aromatic rings. The van der Waals surface area contributed by atoms with Crippen molar-refractivity contribution in [3.8, 4) is 0 Å². The summed E-state index contributed by atoms with van der Waals surface area (Å²) in [5.74, 6) is 0.668. The number of anilines is 1. The summed E-state index contributed by atoms with van der Waals surface area (Å²) < 4.78 is 15.3. The number of pyridine rings is 1. The number of hydrogen-bond acceptors (Lipinski definition) is 2. The van der Waals surface area contributed by atoms with Crippen molar-refractivity contribution in [1.29, 1.82) is 0 Å². The topological polar surface area (TPSA) is 29.9 Å². The van der Waals surface area contributed by atoms with E-state index in [-0.39, 0.29) is 5.82 Å². The predicted molar refractivity (Wildman–Crippen MR) is 93.3 cm³/mol. The summed E-state index contributed by atoms with van der Waals surface area (Å²) in [6, 6.07) is 9.02. The molecule has 0 bridgehead atoms. The van der Waals surface area contributed by atoms with Crippen molar-refractivity contribution in [3.63, 3.8) is 0 Å². The number of rotatable bonds is 4. The van der Waals surface area contributed by atoms with Crippen molar-refractivity contribution >= 4 is 16.7 Å². The highest BCUT2D eigenvalue weighted by Crippen LogP contribution is 2.32. The van der Waals surface area contributed by atoms with Gasteiger partial charge in [-0.25, -0.2) is 9.37 Å². The van der Waals surface area contributed by atoms with Gasteiger partial charge in [0.2, 0.25) is 0 Å². The predicted octanol–water partition coefficient (Wildman–Crippen LogP) is 4.99. The molecule has 0 atom stereocenters. The van der Waals surface area contributed by atoms with E-state index in [2.05, 4.69) is 48.6 Å². The summed E-state index contributed by atoms with van der Waals surface area (Å²) in [5.41, 5.74) is 4.76. The van der Waals surface area contributed by atoms with E-state index in [1.165, 1.54) is 34.3 Å². The Balaban J connectivity index is 1.98. The lowest BCUT2D eigenvalue weighted by molar-refractivity contribution is 0.606. The molecule has 1 N–H and O–H groups in total. The quantitative estimate of drug-likeness (QED) is 0.736. The number of nitrogens with zero attached hydrogens (tertiary/aromatic N) is 2. The highest BCUT2D eigenvalue weighted by Gasteiger charge is 2.16. The molecule has 3 rings (SSSR count). The minimum atomic E-state index is -0.213. The molecule has 3 nitrogen and oxygen atoms in total. The highest BCUT2D eigenvalue weighted by molar-refractivity contribution is 5.94. The molecule has 0 saturated heterocycles. The Morgan fingerprint density at radius 3 is 2.48 bits per heavy atom. The van der Waals surface area contributed by atoms with Crippen LogP contribution >= 0.6 is 0 Å². The zero-order valence-electron chi connectivity index (χ0n) is 14.0. The fourth-order valence-electron chi connectivity index (χ4n) is 3.15. The third-order valence-corrected chi connectivity index (χ3v) is 4.36. The summed E-state index contributed by atoms with van der Waals surface area (Å²) in [7, 11) is 0. The van der Waals surface area contributed by atoms with E-state index in [9.17, 15) is 4.39 Å². The summed E-state index contributed by atoms with van der Waals surface area (Å²) in [5, 5.41) is 4.56. The van der Waals surface area contributed by atoms with Gasteiger partial charge in [0.1, 0.15) is 11.6 Å². The number of nitrogens with one attached hydrogen (secondary N) is 1. The molecule has 0 aliphatic carbocycles. The van der Waals surface area contributed by atoms with Gasteiger partial charge in [0.25, 0.3) is 0 Å². The molecule has 2 heterocycles. The number of benzene rings is 1. The van der Waals surface area contributed by atoms with Gasteiger partial charge in [-0.1, -0.05) is 12.1 Å². The monoisotopic (exact) mass is 311 g/mol. The first kappa shape index (κ1) is 15.5. The zero-order valence-corrected chi connectivity index (χ0v) is 14.0. The fourth-order valence-corrected chi connectivity index (χ4v) is 3.15. The van der Waals surface area contributed by atoms with Crippen LogP contribution in [0, 0.1) is 19.7 Å². The molecule has 2 aromatic heterocycles. The van der Waals surface area contributed by atoms with Crippen LogP contribution in [0.2, 0.25) is 0 Å². The number of fused-ring (bicyclic) bond motifs is 1. The maximum absolute atomic E-state index is 13.0. The molecule has 120 valence electrons. The first-order valence-corrected chi connectivity index (χ1v) is 7.93. The van der Waals surface area contributed by atoms with Gasteiger partial charge in [-0.05, 0) is 57.0 Å². The van der Waals surface area contributed by atoms with Gasteiger partial charge < -0.3 is 9.88 Å². The van der Waals surface area contributed by atoms with Crippen LogP contribution in [-0.4, -0.2) is 9.55 Å². The maximum Gasteiger partial charge on any atom is 0.135 e. The van der Waals surface area contributed by atoms with Crippen LogP contribution in [0.25, 0.3) is 10.9 Å². The van der Waals surface area contributed by atoms with E-state index in [0.717, 1.165) is 11.4 Å². The van der Waals surface area contributed by atoms with Crippen molar-refractivity contribution in [2.75, 3.05) is 5.32 Å². The minimum absolute atomic E-state index is 0.213. The van der Waals surface area contributed by atoms with E-state index in [1.54, 1.807) is 12.1 Å². The first-order valence-electron chi connectivity index (χ1n) is 7.93. The highest BCUT2D eigenvalue weighted by atomic mass is 19.1. The second kappa shape index (κ2) is 6.03. The van der Waals surface area contributed by atoms with Gasteiger partial charge in [-0.2, -0.15) is 0 Å². The smallest absolute Gasteiger partial charge is 0.135 e. The molecular formula is C19H22FN3. The number of hydrogen-bond donors (Lipinski definition) is 1. The van der Waals surface area contributed by atoms with Crippen LogP contribution in [0.5, 0.6) is 0 Å². The van der Waals surface area contributed by atoms with Crippen molar-refractivity contribution in [2.45, 2.75) is 40.3 Å². The summed E-state index contributed by atoms with van der Waals surface area (Å²) in [4.78, 5) is 4.52. The summed E-state index contributed by atoms with van der Waals surface area (Å²) in [6.07, 6.45) is 1.84. The van der Waals surface area contributed by atoms with Crippen molar-refractivity contribution in [1.82, 2.24) is 9.55 Å². The van der Waals surface area contributed by atoms with Gasteiger partial charge in [0.05, 0.1) is 5.52 Å². The van der Waals surface area contributed by atoms with Crippen molar-refractivity contribution in [2.24, 2.45) is 0 Å². The average molecular weight is 311 g/mol. The average Bonchev–Trinajstić information content (AvgIpc) is 2.79. The van der Waals surface area contributed by atoms with E-state index in [4.69, 9.17) is 0 Å². The van der Waals surface area contributed by atoms with E-state index in [1.807, 2.05) is 6.20 Å². The van der Waals surface area contributed by atoms with Crippen molar-refractivity contribution in [3.05, 3.63) is 59.2 Å². The summed E-state index contributed by atoms with van der Waals surface area (Å²) in [6.45, 7) is 9.30. The van der Waals surface area contributed by atoms with Crippen LogP contribution in [0.1, 0.15) is 36.7 Å². The molecule has 0 saturated carbocycles. The first-order chi connectivity index (χ1) is 11.0. The number of aromatic nitrogens is 2. The van der Waals surface area contributed by atoms with Crippen LogP contribution in [0.15, 0.2) is 36.5 Å². The van der Waals surface area contributed by atoms with Gasteiger partial charge in [-0.3, -0.25) is 0 Å². The third kappa shape index (κ3) is 2.81. The zero-order chi connectivity index (χ0) is 16.6. The summed E-state index contributed by atoms with van der Waals surface area (Å²) >= 11 is 0. The van der Waals surface area contributed by atoms with E-state index in [0.29, 0.717) is 12.6 Å². The normalized spacial score (nSPS) is 11.4. The second-order valence-corrected chi connectivity index (χ2v) is 6.21. The Morgan fingerprint density at radius 2 is 1.83 bits per heavy atom. The Bertz CT molecular complexity index is 832. The molecule has 0 radical (unpaired) electrons. The van der Waals surface area contributed by atoms with Crippen LogP contribution in [0.3, 0.4) is 0 Å². The molecule has 1 aromatic carbocycles. The molecule has 4 heteroatoms. The standard InChI is InChI=1S/C19H22FN3/c1-12(2)23-14(4)13(3)18-17(23)9-10-21-19(18)22-11-15-5-7-16(20)8-6-15/h5-10,12H,11H2,1-4H3,(H,21,22). The molecule has 0 aliphatic heterocycles. The molecule has 0 spiro atoms. The Morgan fingerprint density at radius 1 is 1.13 bits per heavy atom. The number of halogens is 1. The van der Waals surface area contributed by atoms with Crippen LogP contribution in [-0.2, 0) is 6.54 Å². The molecule has 0 amide bonds. The molecule has 0 fully saturated rings. The Hall–Kier alpha value is -2.36. The van der Waals surface area contributed by atoms with Crippen LogP contribution in [0.4, 0.5) is 10.2 Å². The molecular weight excluding hydrogens is 289 g/mol. The van der Waals surface area contributed by atoms with Gasteiger partial charge in [0.15, 0.2) is 0 Å². The van der Waals surface area contributed by atoms with E-state index < -0.39 is 0 Å². The minimum Gasteiger partial charge on any atom is -0.365 e. The lowest BCUT2D eigenvalue weighted by atomic mass is 10.1. The Labute approximate surface area is 136 Å². The SMILES string of the molecule is Cc1c(C)n(C(C)C)c2ccnc(NCc3ccc(F)cc3)c12. The maximum atomic E-state index is 13.0. The van der Waals surface area contributed by atoms with Crippen LogP contribution < -0.4 is 5.32 Å². The van der Waals surface area contributed by atoms with E-state index >= 15 is 0 Å². The largest absolute Gasteiger partial charge is 0.365 e. The van der Waals surface area contributed by atoms with Gasteiger partial charge in [0, 0.05) is 29.9 Å². The molecule has 23 heavy (non-hydrogen) atoms. The lowest BCUT2D eigenvalue weighted by Gasteiger charge is -2.13. The lowest BCUT2D eigenvalue weighted by Crippen LogP contribution is -2.04. The van der Waals surface area contributed by atoms with Gasteiger partial charge >= 0.3 is 0 Å². The van der Waals surface area contributed by atoms with Crippen molar-refractivity contribution < 1.29 is 4.39 Å². The van der Waals surface area contributed by atoms with Gasteiger partial charge in [-0.15, -0.1) is 0 Å². The molecule has 0 unspecified atom stereocenters. The third-order valence-electron chi connectivity index (χ3n) is 4.36. The second-order valence-electron chi connectivity index (χ2n) is 6.21. The molecule has 0 aliphatic rings. The fraction of sp³-hybridized carbons (Fsp3) is 0.316. The number of aryl methyl sites for hydroxylation is 1.